The van der Waals surface area contributed by atoms with Gasteiger partial charge < -0.3 is 15.0 Å². The van der Waals surface area contributed by atoms with Crippen LogP contribution in [0.3, 0.4) is 0 Å². The highest BCUT2D eigenvalue weighted by Gasteiger charge is 2.26. The first-order valence-electron chi connectivity index (χ1n) is 9.60. The second kappa shape index (κ2) is 8.57. The lowest BCUT2D eigenvalue weighted by molar-refractivity contribution is -0.121. The van der Waals surface area contributed by atoms with E-state index in [4.69, 9.17) is 16.3 Å². The van der Waals surface area contributed by atoms with Crippen molar-refractivity contribution in [2.24, 2.45) is 0 Å². The van der Waals surface area contributed by atoms with Gasteiger partial charge in [0, 0.05) is 35.8 Å². The normalized spacial score (nSPS) is 16.1. The van der Waals surface area contributed by atoms with E-state index in [9.17, 15) is 4.79 Å². The number of aromatic nitrogens is 2. The predicted molar refractivity (Wildman–Crippen MR) is 114 cm³/mol. The van der Waals surface area contributed by atoms with Gasteiger partial charge in [-0.05, 0) is 30.2 Å². The van der Waals surface area contributed by atoms with Crippen molar-refractivity contribution in [3.63, 3.8) is 0 Å². The Morgan fingerprint density at radius 3 is 2.86 bits per heavy atom. The van der Waals surface area contributed by atoms with Crippen LogP contribution in [-0.2, 0) is 11.2 Å². The van der Waals surface area contributed by atoms with Crippen LogP contribution in [0, 0.1) is 0 Å². The number of benzene rings is 2. The van der Waals surface area contributed by atoms with Crippen LogP contribution >= 0.6 is 11.6 Å². The summed E-state index contributed by atoms with van der Waals surface area (Å²) in [5, 5.41) is 11.4. The number of ether oxygens (including phenoxy) is 1. The maximum absolute atomic E-state index is 12.5. The minimum absolute atomic E-state index is 0.00484. The fraction of sp³-hybridized carbons (Fsp3) is 0.273. The van der Waals surface area contributed by atoms with Gasteiger partial charge in [0.05, 0.1) is 19.2 Å². The topological polar surface area (TPSA) is 70.2 Å². The van der Waals surface area contributed by atoms with E-state index in [0.29, 0.717) is 11.4 Å². The molecule has 0 unspecified atom stereocenters. The third-order valence-corrected chi connectivity index (χ3v) is 5.39. The smallest absolute Gasteiger partial charge is 0.224 e. The van der Waals surface area contributed by atoms with Crippen molar-refractivity contribution < 1.29 is 9.53 Å². The lowest BCUT2D eigenvalue weighted by Crippen LogP contribution is -2.38. The summed E-state index contributed by atoms with van der Waals surface area (Å²) >= 11 is 5.96. The van der Waals surface area contributed by atoms with Crippen molar-refractivity contribution in [1.82, 2.24) is 15.5 Å². The average molecular weight is 411 g/mol. The number of methoxy groups -OCH3 is 1. The molecule has 1 fully saturated rings. The first kappa shape index (κ1) is 19.3. The molecule has 1 saturated heterocycles. The molecule has 4 rings (SSSR count). The van der Waals surface area contributed by atoms with Crippen molar-refractivity contribution in [3.05, 3.63) is 65.2 Å². The molecule has 7 heteroatoms. The molecule has 2 heterocycles. The lowest BCUT2D eigenvalue weighted by Gasteiger charge is -2.16. The van der Waals surface area contributed by atoms with Gasteiger partial charge in [0.25, 0.3) is 0 Å². The largest absolute Gasteiger partial charge is 0.496 e. The Morgan fingerprint density at radius 2 is 2.07 bits per heavy atom. The Labute approximate surface area is 174 Å². The number of nitrogens with one attached hydrogen (secondary N) is 2. The number of amides is 1. The van der Waals surface area contributed by atoms with E-state index in [0.717, 1.165) is 47.9 Å². The summed E-state index contributed by atoms with van der Waals surface area (Å²) in [6.07, 6.45) is 1.20. The third kappa shape index (κ3) is 4.54. The van der Waals surface area contributed by atoms with E-state index in [1.807, 2.05) is 54.6 Å². The summed E-state index contributed by atoms with van der Waals surface area (Å²) < 4.78 is 5.33. The number of para-hydroxylation sites is 1. The molecule has 2 aromatic carbocycles. The van der Waals surface area contributed by atoms with E-state index in [1.54, 1.807) is 7.11 Å². The molecule has 1 amide bonds. The van der Waals surface area contributed by atoms with E-state index in [-0.39, 0.29) is 11.9 Å². The molecule has 6 nitrogen and oxygen atoms in total. The Balaban J connectivity index is 1.34. The molecule has 1 aliphatic heterocycles. The van der Waals surface area contributed by atoms with Crippen LogP contribution < -0.4 is 15.0 Å². The molecule has 2 N–H and O–H groups in total. The van der Waals surface area contributed by atoms with Crippen LogP contribution in [0.5, 0.6) is 5.75 Å². The number of anilines is 1. The summed E-state index contributed by atoms with van der Waals surface area (Å²) in [7, 11) is 1.62. The van der Waals surface area contributed by atoms with E-state index < -0.39 is 0 Å². The average Bonchev–Trinajstić information content (AvgIpc) is 3.38. The second-order valence-electron chi connectivity index (χ2n) is 7.13. The van der Waals surface area contributed by atoms with Gasteiger partial charge >= 0.3 is 0 Å². The van der Waals surface area contributed by atoms with Gasteiger partial charge in [-0.1, -0.05) is 41.9 Å². The Hall–Kier alpha value is -2.99. The SMILES string of the molecule is COc1ccccc1CC(=O)N[C@H]1CCN(c2cc(-c3ccc(Cl)cc3)[nH]n2)C1. The van der Waals surface area contributed by atoms with Gasteiger partial charge in [0.15, 0.2) is 5.82 Å². The van der Waals surface area contributed by atoms with E-state index in [1.165, 1.54) is 0 Å². The maximum Gasteiger partial charge on any atom is 0.224 e. The van der Waals surface area contributed by atoms with Gasteiger partial charge in [-0.15, -0.1) is 0 Å². The highest BCUT2D eigenvalue weighted by molar-refractivity contribution is 6.30. The third-order valence-electron chi connectivity index (χ3n) is 5.14. The zero-order valence-corrected chi connectivity index (χ0v) is 16.9. The molecule has 1 aliphatic rings. The fourth-order valence-corrected chi connectivity index (χ4v) is 3.76. The number of H-pyrrole nitrogens is 1. The molecule has 1 aromatic heterocycles. The molecule has 3 aromatic rings. The molecule has 0 radical (unpaired) electrons. The molecular formula is C22H23ClN4O2. The number of nitrogens with zero attached hydrogens (tertiary/aromatic N) is 2. The first-order valence-corrected chi connectivity index (χ1v) is 9.98. The zero-order chi connectivity index (χ0) is 20.2. The van der Waals surface area contributed by atoms with Gasteiger partial charge in [0.1, 0.15) is 5.75 Å². The standard InChI is InChI=1S/C22H23ClN4O2/c1-29-20-5-3-2-4-16(20)12-22(28)24-18-10-11-27(14-18)21-13-19(25-26-21)15-6-8-17(23)9-7-15/h2-9,13,18H,10-12,14H2,1H3,(H,24,28)(H,25,26)/t18-/m0/s1. The van der Waals surface area contributed by atoms with Crippen molar-refractivity contribution in [3.8, 4) is 17.0 Å². The Kier molecular flexibility index (Phi) is 5.71. The van der Waals surface area contributed by atoms with Crippen LogP contribution in [0.2, 0.25) is 5.02 Å². The number of halogens is 1. The molecular weight excluding hydrogens is 388 g/mol. The summed E-state index contributed by atoms with van der Waals surface area (Å²) in [5.74, 6) is 1.63. The second-order valence-corrected chi connectivity index (χ2v) is 7.57. The van der Waals surface area contributed by atoms with Crippen molar-refractivity contribution in [1.29, 1.82) is 0 Å². The highest BCUT2D eigenvalue weighted by Crippen LogP contribution is 2.25. The van der Waals surface area contributed by atoms with Gasteiger partial charge in [-0.3, -0.25) is 9.89 Å². The Morgan fingerprint density at radius 1 is 1.28 bits per heavy atom. The van der Waals surface area contributed by atoms with Crippen LogP contribution in [0.25, 0.3) is 11.3 Å². The van der Waals surface area contributed by atoms with Crippen LogP contribution in [0.4, 0.5) is 5.82 Å². The van der Waals surface area contributed by atoms with Crippen molar-refractivity contribution in [2.75, 3.05) is 25.1 Å². The van der Waals surface area contributed by atoms with E-state index in [2.05, 4.69) is 20.4 Å². The fourth-order valence-electron chi connectivity index (χ4n) is 3.64. The molecule has 0 bridgehead atoms. The zero-order valence-electron chi connectivity index (χ0n) is 16.2. The van der Waals surface area contributed by atoms with Gasteiger partial charge in [0.2, 0.25) is 5.91 Å². The van der Waals surface area contributed by atoms with Crippen LogP contribution in [0.15, 0.2) is 54.6 Å². The Bertz CT molecular complexity index is 986. The van der Waals surface area contributed by atoms with Crippen molar-refractivity contribution >= 4 is 23.3 Å². The number of hydrogen-bond acceptors (Lipinski definition) is 4. The van der Waals surface area contributed by atoms with Gasteiger partial charge in [-0.25, -0.2) is 0 Å². The summed E-state index contributed by atoms with van der Waals surface area (Å²) in [6.45, 7) is 1.59. The molecule has 0 spiro atoms. The number of hydrogen-bond donors (Lipinski definition) is 2. The predicted octanol–water partition coefficient (Wildman–Crippen LogP) is 3.68. The minimum atomic E-state index is 0.00484. The minimum Gasteiger partial charge on any atom is -0.496 e. The number of carbonyl (C=O) groups is 1. The maximum atomic E-state index is 12.5. The monoisotopic (exact) mass is 410 g/mol. The number of rotatable bonds is 6. The molecule has 29 heavy (non-hydrogen) atoms. The summed E-state index contributed by atoms with van der Waals surface area (Å²) in [6, 6.07) is 17.4. The quantitative estimate of drug-likeness (QED) is 0.650. The molecule has 1 atom stereocenters. The molecule has 0 aliphatic carbocycles. The summed E-state index contributed by atoms with van der Waals surface area (Å²) in [4.78, 5) is 14.7. The van der Waals surface area contributed by atoms with E-state index >= 15 is 0 Å². The molecule has 0 saturated carbocycles. The highest BCUT2D eigenvalue weighted by atomic mass is 35.5. The number of aromatic amines is 1. The lowest BCUT2D eigenvalue weighted by atomic mass is 10.1. The van der Waals surface area contributed by atoms with Crippen molar-refractivity contribution in [2.45, 2.75) is 18.9 Å². The molecule has 150 valence electrons. The van der Waals surface area contributed by atoms with Gasteiger partial charge in [-0.2, -0.15) is 5.10 Å². The van der Waals surface area contributed by atoms with Crippen LogP contribution in [-0.4, -0.2) is 42.3 Å². The number of carbonyl (C=O) groups excluding carboxylic acids is 1. The van der Waals surface area contributed by atoms with Crippen LogP contribution in [0.1, 0.15) is 12.0 Å². The first-order chi connectivity index (χ1) is 14.1. The summed E-state index contributed by atoms with van der Waals surface area (Å²) in [5.41, 5.74) is 2.87.